The van der Waals surface area contributed by atoms with Crippen molar-refractivity contribution in [3.8, 4) is 10.6 Å². The second-order valence-corrected chi connectivity index (χ2v) is 6.58. The standard InChI is InChI=1S/C15H17N5S/c1-19-9-5-8-12(10-19)13-16-17-15-20(13)18-14(21-15)11-6-3-2-4-7-11/h2-4,6-7,12H,5,8-10H2,1H3. The zero-order valence-electron chi connectivity index (χ0n) is 11.9. The van der Waals surface area contributed by atoms with E-state index in [0.29, 0.717) is 5.92 Å². The highest BCUT2D eigenvalue weighted by Gasteiger charge is 2.25. The first-order valence-electron chi connectivity index (χ1n) is 7.27. The number of nitrogens with zero attached hydrogens (tertiary/aromatic N) is 5. The first-order valence-corrected chi connectivity index (χ1v) is 8.09. The van der Waals surface area contributed by atoms with Gasteiger partial charge in [-0.15, -0.1) is 10.2 Å². The number of likely N-dealkylation sites (tertiary alicyclic amines) is 1. The van der Waals surface area contributed by atoms with E-state index in [9.17, 15) is 0 Å². The molecule has 0 saturated carbocycles. The van der Waals surface area contributed by atoms with Gasteiger partial charge in [-0.1, -0.05) is 41.7 Å². The van der Waals surface area contributed by atoms with E-state index in [2.05, 4.69) is 34.3 Å². The van der Waals surface area contributed by atoms with Crippen LogP contribution in [0, 0.1) is 0 Å². The third-order valence-corrected chi connectivity index (χ3v) is 4.97. The summed E-state index contributed by atoms with van der Waals surface area (Å²) in [5, 5.41) is 14.4. The molecule has 0 spiro atoms. The molecule has 1 saturated heterocycles. The summed E-state index contributed by atoms with van der Waals surface area (Å²) < 4.78 is 1.94. The Labute approximate surface area is 127 Å². The summed E-state index contributed by atoms with van der Waals surface area (Å²) in [4.78, 5) is 3.25. The number of rotatable bonds is 2. The number of benzene rings is 1. The zero-order valence-corrected chi connectivity index (χ0v) is 12.8. The second-order valence-electron chi connectivity index (χ2n) is 5.63. The van der Waals surface area contributed by atoms with Gasteiger partial charge >= 0.3 is 0 Å². The molecule has 3 heterocycles. The molecular weight excluding hydrogens is 282 g/mol. The van der Waals surface area contributed by atoms with Gasteiger partial charge in [0.25, 0.3) is 0 Å². The van der Waals surface area contributed by atoms with E-state index in [-0.39, 0.29) is 0 Å². The lowest BCUT2D eigenvalue weighted by Gasteiger charge is -2.28. The highest BCUT2D eigenvalue weighted by molar-refractivity contribution is 7.19. The maximum Gasteiger partial charge on any atom is 0.234 e. The maximum absolute atomic E-state index is 4.73. The van der Waals surface area contributed by atoms with E-state index in [0.717, 1.165) is 27.9 Å². The molecular formula is C15H17N5S. The van der Waals surface area contributed by atoms with Crippen LogP contribution in [0.4, 0.5) is 0 Å². The third-order valence-electron chi connectivity index (χ3n) is 4.03. The molecule has 108 valence electrons. The van der Waals surface area contributed by atoms with Gasteiger partial charge in [0, 0.05) is 18.0 Å². The Bertz CT molecular complexity index is 748. The molecule has 0 N–H and O–H groups in total. The zero-order chi connectivity index (χ0) is 14.2. The van der Waals surface area contributed by atoms with Crippen LogP contribution in [0.3, 0.4) is 0 Å². The third kappa shape index (κ3) is 2.34. The average Bonchev–Trinajstić information content (AvgIpc) is 3.08. The van der Waals surface area contributed by atoms with Gasteiger partial charge in [-0.3, -0.25) is 0 Å². The fourth-order valence-electron chi connectivity index (χ4n) is 2.96. The fraction of sp³-hybridized carbons (Fsp3) is 0.400. The topological polar surface area (TPSA) is 46.3 Å². The van der Waals surface area contributed by atoms with Gasteiger partial charge in [0.2, 0.25) is 4.96 Å². The predicted octanol–water partition coefficient (Wildman–Crippen LogP) is 2.66. The first-order chi connectivity index (χ1) is 10.3. The van der Waals surface area contributed by atoms with E-state index in [1.165, 1.54) is 19.4 Å². The van der Waals surface area contributed by atoms with E-state index in [4.69, 9.17) is 5.10 Å². The molecule has 1 fully saturated rings. The summed E-state index contributed by atoms with van der Waals surface area (Å²) in [5.74, 6) is 1.44. The normalized spacial score (nSPS) is 20.1. The quantitative estimate of drug-likeness (QED) is 0.730. The highest BCUT2D eigenvalue weighted by Crippen LogP contribution is 2.29. The van der Waals surface area contributed by atoms with Gasteiger partial charge in [0.15, 0.2) is 5.82 Å². The first kappa shape index (κ1) is 12.9. The Hall–Kier alpha value is -1.79. The number of piperidine rings is 1. The summed E-state index contributed by atoms with van der Waals surface area (Å²) in [6, 6.07) is 10.3. The summed E-state index contributed by atoms with van der Waals surface area (Å²) in [7, 11) is 2.17. The number of aromatic nitrogens is 4. The summed E-state index contributed by atoms with van der Waals surface area (Å²) in [5.41, 5.74) is 1.14. The van der Waals surface area contributed by atoms with Crippen molar-refractivity contribution in [1.82, 2.24) is 24.7 Å². The Morgan fingerprint density at radius 3 is 2.86 bits per heavy atom. The second kappa shape index (κ2) is 5.20. The molecule has 21 heavy (non-hydrogen) atoms. The highest BCUT2D eigenvalue weighted by atomic mass is 32.1. The molecule has 1 aliphatic rings. The van der Waals surface area contributed by atoms with Gasteiger partial charge < -0.3 is 4.90 Å². The molecule has 1 aliphatic heterocycles. The van der Waals surface area contributed by atoms with Crippen molar-refractivity contribution in [3.63, 3.8) is 0 Å². The minimum Gasteiger partial charge on any atom is -0.306 e. The van der Waals surface area contributed by atoms with Crippen LogP contribution < -0.4 is 0 Å². The molecule has 0 radical (unpaired) electrons. The van der Waals surface area contributed by atoms with E-state index in [1.807, 2.05) is 22.7 Å². The van der Waals surface area contributed by atoms with Crippen molar-refractivity contribution in [2.24, 2.45) is 0 Å². The lowest BCUT2D eigenvalue weighted by atomic mass is 9.98. The monoisotopic (exact) mass is 299 g/mol. The van der Waals surface area contributed by atoms with Crippen LogP contribution in [0.25, 0.3) is 15.5 Å². The summed E-state index contributed by atoms with van der Waals surface area (Å²) in [6.45, 7) is 2.21. The van der Waals surface area contributed by atoms with Crippen LogP contribution in [0.5, 0.6) is 0 Å². The number of likely N-dealkylation sites (N-methyl/N-ethyl adjacent to an activating group) is 1. The Kier molecular flexibility index (Phi) is 3.20. The van der Waals surface area contributed by atoms with Gasteiger partial charge in [-0.2, -0.15) is 9.61 Å². The van der Waals surface area contributed by atoms with E-state index >= 15 is 0 Å². The van der Waals surface area contributed by atoms with Crippen molar-refractivity contribution in [1.29, 1.82) is 0 Å². The number of fused-ring (bicyclic) bond motifs is 1. The van der Waals surface area contributed by atoms with Crippen LogP contribution in [-0.2, 0) is 0 Å². The van der Waals surface area contributed by atoms with Crippen molar-refractivity contribution >= 4 is 16.3 Å². The number of hydrogen-bond acceptors (Lipinski definition) is 5. The maximum atomic E-state index is 4.73. The van der Waals surface area contributed by atoms with E-state index < -0.39 is 0 Å². The molecule has 5 nitrogen and oxygen atoms in total. The average molecular weight is 299 g/mol. The summed E-state index contributed by atoms with van der Waals surface area (Å²) in [6.07, 6.45) is 2.38. The SMILES string of the molecule is CN1CCCC(c2nnc3sc(-c4ccccc4)nn23)C1. The molecule has 0 aliphatic carbocycles. The predicted molar refractivity (Wildman–Crippen MR) is 83.6 cm³/mol. The van der Waals surface area contributed by atoms with Crippen LogP contribution >= 0.6 is 11.3 Å². The van der Waals surface area contributed by atoms with E-state index in [1.54, 1.807) is 11.3 Å². The van der Waals surface area contributed by atoms with Crippen molar-refractivity contribution < 1.29 is 0 Å². The van der Waals surface area contributed by atoms with Crippen LogP contribution in [0.1, 0.15) is 24.6 Å². The lowest BCUT2D eigenvalue weighted by molar-refractivity contribution is 0.244. The Morgan fingerprint density at radius 2 is 2.05 bits per heavy atom. The molecule has 1 atom stereocenters. The van der Waals surface area contributed by atoms with Gasteiger partial charge in [0.05, 0.1) is 0 Å². The van der Waals surface area contributed by atoms with Crippen molar-refractivity contribution in [3.05, 3.63) is 36.2 Å². The largest absolute Gasteiger partial charge is 0.306 e. The van der Waals surface area contributed by atoms with Crippen LogP contribution in [0.2, 0.25) is 0 Å². The lowest BCUT2D eigenvalue weighted by Crippen LogP contribution is -2.31. The van der Waals surface area contributed by atoms with Crippen molar-refractivity contribution in [2.75, 3.05) is 20.1 Å². The Morgan fingerprint density at radius 1 is 1.19 bits per heavy atom. The minimum atomic E-state index is 0.435. The molecule has 6 heteroatoms. The number of hydrogen-bond donors (Lipinski definition) is 0. The molecule has 3 aromatic rings. The molecule has 1 unspecified atom stereocenters. The molecule has 0 bridgehead atoms. The van der Waals surface area contributed by atoms with Crippen LogP contribution in [-0.4, -0.2) is 44.8 Å². The molecule has 0 amide bonds. The summed E-state index contributed by atoms with van der Waals surface area (Å²) >= 11 is 1.60. The Balaban J connectivity index is 1.73. The molecule has 1 aromatic carbocycles. The van der Waals surface area contributed by atoms with Crippen LogP contribution in [0.15, 0.2) is 30.3 Å². The molecule has 2 aromatic heterocycles. The van der Waals surface area contributed by atoms with Gasteiger partial charge in [-0.05, 0) is 26.4 Å². The van der Waals surface area contributed by atoms with Gasteiger partial charge in [-0.25, -0.2) is 0 Å². The van der Waals surface area contributed by atoms with Crippen molar-refractivity contribution in [2.45, 2.75) is 18.8 Å². The minimum absolute atomic E-state index is 0.435. The van der Waals surface area contributed by atoms with Gasteiger partial charge in [0.1, 0.15) is 5.01 Å². The smallest absolute Gasteiger partial charge is 0.234 e. The molecule has 4 rings (SSSR count). The fourth-order valence-corrected chi connectivity index (χ4v) is 3.81.